The maximum atomic E-state index is 11.6. The summed E-state index contributed by atoms with van der Waals surface area (Å²) in [4.78, 5) is 39.2. The maximum absolute atomic E-state index is 11.6. The van der Waals surface area contributed by atoms with Crippen molar-refractivity contribution in [2.45, 2.75) is 13.0 Å². The van der Waals surface area contributed by atoms with E-state index in [0.717, 1.165) is 16.7 Å². The first kappa shape index (κ1) is 12.6. The van der Waals surface area contributed by atoms with E-state index >= 15 is 0 Å². The number of thioether (sulfide) groups is 1. The summed E-state index contributed by atoms with van der Waals surface area (Å²) in [5.41, 5.74) is 0.225. The van der Waals surface area contributed by atoms with E-state index in [-0.39, 0.29) is 35.4 Å². The summed E-state index contributed by atoms with van der Waals surface area (Å²) in [6.45, 7) is -0.0901. The topological polar surface area (TPSA) is 87.6 Å². The van der Waals surface area contributed by atoms with E-state index in [4.69, 9.17) is 5.11 Å². The van der Waals surface area contributed by atoms with Crippen LogP contribution < -0.4 is 0 Å². The minimum absolute atomic E-state index is 0.00803. The number of nitrogens with zero attached hydrogens (tertiary/aromatic N) is 2. The summed E-state index contributed by atoms with van der Waals surface area (Å²) in [7, 11) is 0. The highest BCUT2D eigenvalue weighted by atomic mass is 32.2. The summed E-state index contributed by atoms with van der Waals surface area (Å²) in [5.74, 6) is -0.939. The van der Waals surface area contributed by atoms with E-state index in [9.17, 15) is 14.4 Å². The minimum atomic E-state index is -1.12. The van der Waals surface area contributed by atoms with Crippen molar-refractivity contribution in [1.29, 1.82) is 0 Å². The van der Waals surface area contributed by atoms with Crippen molar-refractivity contribution < 1.29 is 19.5 Å². The molecule has 6 nitrogen and oxygen atoms in total. The number of hydrogen-bond acceptors (Lipinski definition) is 5. The number of carboxylic acids is 1. The van der Waals surface area contributed by atoms with Crippen LogP contribution in [0.1, 0.15) is 22.5 Å². The van der Waals surface area contributed by atoms with Gasteiger partial charge in [0.25, 0.3) is 5.24 Å². The van der Waals surface area contributed by atoms with Crippen LogP contribution in [0.3, 0.4) is 0 Å². The lowest BCUT2D eigenvalue weighted by Gasteiger charge is -2.24. The van der Waals surface area contributed by atoms with Crippen molar-refractivity contribution >= 4 is 28.9 Å². The molecule has 2 rings (SSSR count). The van der Waals surface area contributed by atoms with Gasteiger partial charge in [0.2, 0.25) is 5.91 Å². The number of pyridine rings is 1. The molecule has 7 heteroatoms. The number of aromatic carboxylic acids is 1. The second-order valence-electron chi connectivity index (χ2n) is 3.65. The van der Waals surface area contributed by atoms with E-state index in [1.807, 2.05) is 0 Å². The molecule has 1 aromatic rings. The molecule has 1 fully saturated rings. The Balaban J connectivity index is 2.25. The first-order valence-corrected chi connectivity index (χ1v) is 6.22. The number of carbonyl (C=O) groups is 3. The Morgan fingerprint density at radius 1 is 1.50 bits per heavy atom. The number of amides is 2. The van der Waals surface area contributed by atoms with Crippen LogP contribution in [0.4, 0.5) is 4.79 Å². The molecule has 2 heterocycles. The number of rotatable bonds is 3. The predicted octanol–water partition coefficient (Wildman–Crippen LogP) is 1.37. The lowest BCUT2D eigenvalue weighted by molar-refractivity contribution is -0.128. The van der Waals surface area contributed by atoms with E-state index in [0.29, 0.717) is 5.75 Å². The normalized spacial score (nSPS) is 15.9. The van der Waals surface area contributed by atoms with Crippen molar-refractivity contribution in [3.63, 3.8) is 0 Å². The third-order valence-corrected chi connectivity index (χ3v) is 3.37. The highest BCUT2D eigenvalue weighted by molar-refractivity contribution is 8.13. The third-order valence-electron chi connectivity index (χ3n) is 2.49. The molecule has 1 aliphatic rings. The van der Waals surface area contributed by atoms with Gasteiger partial charge in [0.05, 0.1) is 17.8 Å². The summed E-state index contributed by atoms with van der Waals surface area (Å²) < 4.78 is 0. The number of imide groups is 1. The molecule has 0 spiro atoms. The molecule has 0 aromatic carbocycles. The standard InChI is InChI=1S/C11H10N2O4S/c14-9-3-5-18-11(17)13(9)6-8-7(10(15)16)2-1-4-12-8/h1-2,4H,3,5-6H2,(H,15,16). The third kappa shape index (κ3) is 2.51. The van der Waals surface area contributed by atoms with Gasteiger partial charge >= 0.3 is 5.97 Å². The quantitative estimate of drug-likeness (QED) is 0.888. The van der Waals surface area contributed by atoms with Crippen LogP contribution in [0.15, 0.2) is 18.3 Å². The molecule has 1 aliphatic heterocycles. The molecule has 0 aliphatic carbocycles. The predicted molar refractivity (Wildman–Crippen MR) is 64.2 cm³/mol. The minimum Gasteiger partial charge on any atom is -0.478 e. The largest absolute Gasteiger partial charge is 0.478 e. The van der Waals surface area contributed by atoms with Gasteiger partial charge in [-0.15, -0.1) is 0 Å². The van der Waals surface area contributed by atoms with E-state index < -0.39 is 5.97 Å². The molecule has 0 atom stereocenters. The zero-order chi connectivity index (χ0) is 13.1. The van der Waals surface area contributed by atoms with Gasteiger partial charge in [0.15, 0.2) is 0 Å². The van der Waals surface area contributed by atoms with Crippen LogP contribution in [0.5, 0.6) is 0 Å². The fourth-order valence-electron chi connectivity index (χ4n) is 1.60. The SMILES string of the molecule is O=C(O)c1cccnc1CN1C(=O)CCSC1=O. The van der Waals surface area contributed by atoms with Crippen LogP contribution in [-0.4, -0.2) is 37.9 Å². The van der Waals surface area contributed by atoms with Crippen LogP contribution >= 0.6 is 11.8 Å². The van der Waals surface area contributed by atoms with Crippen molar-refractivity contribution in [3.8, 4) is 0 Å². The van der Waals surface area contributed by atoms with Gasteiger partial charge in [-0.25, -0.2) is 4.79 Å². The van der Waals surface area contributed by atoms with E-state index in [2.05, 4.69) is 4.98 Å². The number of carbonyl (C=O) groups excluding carboxylic acids is 2. The Morgan fingerprint density at radius 2 is 2.28 bits per heavy atom. The average molecular weight is 266 g/mol. The van der Waals surface area contributed by atoms with Crippen LogP contribution in [0, 0.1) is 0 Å². The van der Waals surface area contributed by atoms with Crippen LogP contribution in [0.2, 0.25) is 0 Å². The van der Waals surface area contributed by atoms with Crippen LogP contribution in [0.25, 0.3) is 0 Å². The summed E-state index contributed by atoms with van der Waals surface area (Å²) in [6, 6.07) is 2.90. The highest BCUT2D eigenvalue weighted by Crippen LogP contribution is 2.21. The Morgan fingerprint density at radius 3 is 2.94 bits per heavy atom. The van der Waals surface area contributed by atoms with Crippen molar-refractivity contribution in [3.05, 3.63) is 29.6 Å². The second-order valence-corrected chi connectivity index (χ2v) is 4.69. The number of carboxylic acid groups (broad SMARTS) is 1. The fourth-order valence-corrected chi connectivity index (χ4v) is 2.38. The monoisotopic (exact) mass is 266 g/mol. The van der Waals surface area contributed by atoms with Gasteiger partial charge in [-0.1, -0.05) is 11.8 Å². The molecule has 1 N–H and O–H groups in total. The number of aromatic nitrogens is 1. The van der Waals surface area contributed by atoms with Gasteiger partial charge in [-0.2, -0.15) is 0 Å². The Hall–Kier alpha value is -1.89. The Kier molecular flexibility index (Phi) is 3.61. The van der Waals surface area contributed by atoms with E-state index in [1.54, 1.807) is 0 Å². The molecule has 0 bridgehead atoms. The van der Waals surface area contributed by atoms with Gasteiger partial charge < -0.3 is 5.11 Å². The summed E-state index contributed by atoms with van der Waals surface area (Å²) in [6.07, 6.45) is 1.72. The lowest BCUT2D eigenvalue weighted by Crippen LogP contribution is -2.38. The average Bonchev–Trinajstić information content (AvgIpc) is 2.34. The molecule has 1 aromatic heterocycles. The second kappa shape index (κ2) is 5.18. The van der Waals surface area contributed by atoms with Crippen LogP contribution in [-0.2, 0) is 11.3 Å². The number of hydrogen-bond donors (Lipinski definition) is 1. The smallest absolute Gasteiger partial charge is 0.337 e. The molecule has 18 heavy (non-hydrogen) atoms. The molecule has 1 saturated heterocycles. The van der Waals surface area contributed by atoms with Gasteiger partial charge in [0, 0.05) is 18.4 Å². The van der Waals surface area contributed by atoms with Gasteiger partial charge in [0.1, 0.15) is 0 Å². The van der Waals surface area contributed by atoms with Gasteiger partial charge in [-0.3, -0.25) is 19.5 Å². The molecular weight excluding hydrogens is 256 g/mol. The van der Waals surface area contributed by atoms with E-state index in [1.165, 1.54) is 18.3 Å². The van der Waals surface area contributed by atoms with Gasteiger partial charge in [-0.05, 0) is 12.1 Å². The summed E-state index contributed by atoms with van der Waals surface area (Å²) >= 11 is 1.05. The zero-order valence-electron chi connectivity index (χ0n) is 9.33. The van der Waals surface area contributed by atoms with Crippen molar-refractivity contribution in [2.75, 3.05) is 5.75 Å². The summed E-state index contributed by atoms with van der Waals surface area (Å²) in [5, 5.41) is 8.64. The molecule has 94 valence electrons. The highest BCUT2D eigenvalue weighted by Gasteiger charge is 2.28. The Labute approximate surface area is 107 Å². The Bertz CT molecular complexity index is 502. The first-order valence-electron chi connectivity index (χ1n) is 5.24. The zero-order valence-corrected chi connectivity index (χ0v) is 10.1. The molecule has 0 unspecified atom stereocenters. The first-order chi connectivity index (χ1) is 8.59. The van der Waals surface area contributed by atoms with Crippen molar-refractivity contribution in [2.24, 2.45) is 0 Å². The lowest BCUT2D eigenvalue weighted by atomic mass is 10.2. The maximum Gasteiger partial charge on any atom is 0.337 e. The van der Waals surface area contributed by atoms with Crippen molar-refractivity contribution in [1.82, 2.24) is 9.88 Å². The fraction of sp³-hybridized carbons (Fsp3) is 0.273. The molecular formula is C11H10N2O4S. The molecule has 2 amide bonds. The molecule has 0 saturated carbocycles. The molecule has 0 radical (unpaired) electrons.